The third-order valence-electron chi connectivity index (χ3n) is 0.920. The summed E-state index contributed by atoms with van der Waals surface area (Å²) >= 11 is 1.79. The molecule has 0 aromatic heterocycles. The van der Waals surface area contributed by atoms with Gasteiger partial charge in [-0.2, -0.15) is 11.8 Å². The maximum absolute atomic E-state index is 5.25. The largest absolute Gasteiger partial charge is 0.158 e. The second-order valence-corrected chi connectivity index (χ2v) is 2.45. The number of rotatable bonds is 3. The first-order valence-corrected chi connectivity index (χ1v) is 3.71. The van der Waals surface area contributed by atoms with Gasteiger partial charge in [-0.3, -0.25) is 0 Å². The standard InChI is InChI=1S/C6H11S/c1-4-6(5-2)7-3/h1,4,6H,5H2,2-3H3. The normalized spacial score (nSPS) is 13.4. The molecule has 7 heavy (non-hydrogen) atoms. The quantitative estimate of drug-likeness (QED) is 0.543. The predicted molar refractivity (Wildman–Crippen MR) is 36.5 cm³/mol. The van der Waals surface area contributed by atoms with Crippen LogP contribution in [0.3, 0.4) is 0 Å². The summed E-state index contributed by atoms with van der Waals surface area (Å²) in [5, 5.41) is 0.556. The smallest absolute Gasteiger partial charge is 0.0224 e. The van der Waals surface area contributed by atoms with E-state index in [1.54, 1.807) is 17.8 Å². The summed E-state index contributed by atoms with van der Waals surface area (Å²) in [6.07, 6.45) is 4.94. The fraction of sp³-hybridized carbons (Fsp3) is 0.667. The van der Waals surface area contributed by atoms with E-state index < -0.39 is 0 Å². The van der Waals surface area contributed by atoms with Gasteiger partial charge in [0.25, 0.3) is 0 Å². The van der Waals surface area contributed by atoms with Crippen LogP contribution in [-0.4, -0.2) is 11.5 Å². The average Bonchev–Trinajstić information content (AvgIpc) is 1.72. The molecule has 0 aliphatic carbocycles. The molecule has 0 nitrogen and oxygen atoms in total. The van der Waals surface area contributed by atoms with Gasteiger partial charge >= 0.3 is 0 Å². The van der Waals surface area contributed by atoms with Gasteiger partial charge in [-0.15, -0.1) is 0 Å². The van der Waals surface area contributed by atoms with Gasteiger partial charge in [0.15, 0.2) is 0 Å². The summed E-state index contributed by atoms with van der Waals surface area (Å²) in [6, 6.07) is 0. The molecular weight excluding hydrogens is 104 g/mol. The molecule has 0 aromatic carbocycles. The Bertz CT molecular complexity index is 46.1. The first-order chi connectivity index (χ1) is 3.35. The van der Waals surface area contributed by atoms with Crippen molar-refractivity contribution in [3.8, 4) is 0 Å². The molecule has 0 heterocycles. The van der Waals surface area contributed by atoms with Crippen molar-refractivity contribution < 1.29 is 0 Å². The molecule has 0 spiro atoms. The zero-order chi connectivity index (χ0) is 5.70. The van der Waals surface area contributed by atoms with Crippen LogP contribution in [0.15, 0.2) is 6.08 Å². The fourth-order valence-corrected chi connectivity index (χ4v) is 0.872. The van der Waals surface area contributed by atoms with E-state index in [0.717, 1.165) is 6.42 Å². The lowest BCUT2D eigenvalue weighted by molar-refractivity contribution is 0.980. The van der Waals surface area contributed by atoms with E-state index in [1.807, 2.05) is 0 Å². The second kappa shape index (κ2) is 4.25. The molecule has 0 amide bonds. The van der Waals surface area contributed by atoms with Crippen LogP contribution >= 0.6 is 11.8 Å². The van der Waals surface area contributed by atoms with Gasteiger partial charge in [0.1, 0.15) is 0 Å². The highest BCUT2D eigenvalue weighted by molar-refractivity contribution is 7.99. The lowest BCUT2D eigenvalue weighted by Gasteiger charge is -2.01. The molecule has 0 saturated heterocycles. The summed E-state index contributed by atoms with van der Waals surface area (Å²) in [5.41, 5.74) is 0. The summed E-state index contributed by atoms with van der Waals surface area (Å²) in [7, 11) is 0. The van der Waals surface area contributed by atoms with Crippen LogP contribution in [-0.2, 0) is 0 Å². The lowest BCUT2D eigenvalue weighted by Crippen LogP contribution is -1.91. The van der Waals surface area contributed by atoms with Gasteiger partial charge in [-0.25, -0.2) is 0 Å². The van der Waals surface area contributed by atoms with E-state index in [4.69, 9.17) is 6.58 Å². The predicted octanol–water partition coefficient (Wildman–Crippen LogP) is 2.12. The van der Waals surface area contributed by atoms with Crippen molar-refractivity contribution in [1.82, 2.24) is 0 Å². The Balaban J connectivity index is 3.16. The number of hydrogen-bond acceptors (Lipinski definition) is 1. The summed E-state index contributed by atoms with van der Waals surface area (Å²) in [5.74, 6) is 0. The van der Waals surface area contributed by atoms with Gasteiger partial charge in [-0.05, 0) is 12.7 Å². The first-order valence-electron chi connectivity index (χ1n) is 2.43. The van der Waals surface area contributed by atoms with Gasteiger partial charge in [0.2, 0.25) is 0 Å². The van der Waals surface area contributed by atoms with Crippen molar-refractivity contribution >= 4 is 11.8 Å². The van der Waals surface area contributed by atoms with E-state index in [0.29, 0.717) is 5.25 Å². The average molecular weight is 115 g/mol. The Hall–Kier alpha value is 0.0900. The third-order valence-corrected chi connectivity index (χ3v) is 2.02. The number of thioether (sulfide) groups is 1. The lowest BCUT2D eigenvalue weighted by atomic mass is 10.3. The van der Waals surface area contributed by atoms with Gasteiger partial charge < -0.3 is 0 Å². The minimum Gasteiger partial charge on any atom is -0.158 e. The third kappa shape index (κ3) is 2.75. The van der Waals surface area contributed by atoms with Crippen molar-refractivity contribution in [2.45, 2.75) is 18.6 Å². The van der Waals surface area contributed by atoms with Gasteiger partial charge in [-0.1, -0.05) is 19.6 Å². The first kappa shape index (κ1) is 7.09. The zero-order valence-electron chi connectivity index (χ0n) is 4.85. The van der Waals surface area contributed by atoms with Crippen molar-refractivity contribution in [3.63, 3.8) is 0 Å². The molecule has 0 aromatic rings. The van der Waals surface area contributed by atoms with Crippen molar-refractivity contribution in [3.05, 3.63) is 12.7 Å². The molecule has 0 bridgehead atoms. The molecule has 0 saturated carbocycles. The maximum atomic E-state index is 5.25. The monoisotopic (exact) mass is 115 g/mol. The topological polar surface area (TPSA) is 0 Å². The summed E-state index contributed by atoms with van der Waals surface area (Å²) < 4.78 is 0. The Labute approximate surface area is 50.0 Å². The molecule has 0 fully saturated rings. The summed E-state index contributed by atoms with van der Waals surface area (Å²) in [6.45, 7) is 7.38. The highest BCUT2D eigenvalue weighted by Gasteiger charge is 1.92. The minimum atomic E-state index is 0.556. The minimum absolute atomic E-state index is 0.556. The molecule has 0 aliphatic rings. The highest BCUT2D eigenvalue weighted by Crippen LogP contribution is 2.09. The van der Waals surface area contributed by atoms with E-state index >= 15 is 0 Å². The van der Waals surface area contributed by atoms with Crippen molar-refractivity contribution in [1.29, 1.82) is 0 Å². The van der Waals surface area contributed by atoms with E-state index in [2.05, 4.69) is 13.2 Å². The van der Waals surface area contributed by atoms with Crippen LogP contribution < -0.4 is 0 Å². The van der Waals surface area contributed by atoms with Crippen LogP contribution in [0.2, 0.25) is 0 Å². The van der Waals surface area contributed by atoms with E-state index in [1.165, 1.54) is 0 Å². The molecule has 1 heteroatoms. The van der Waals surface area contributed by atoms with Crippen LogP contribution in [0.4, 0.5) is 0 Å². The Morgan fingerprint density at radius 2 is 2.43 bits per heavy atom. The van der Waals surface area contributed by atoms with Crippen LogP contribution in [0, 0.1) is 6.58 Å². The van der Waals surface area contributed by atoms with Gasteiger partial charge in [0.05, 0.1) is 0 Å². The Morgan fingerprint density at radius 1 is 1.86 bits per heavy atom. The maximum Gasteiger partial charge on any atom is 0.0224 e. The summed E-state index contributed by atoms with van der Waals surface area (Å²) in [4.78, 5) is 0. The highest BCUT2D eigenvalue weighted by atomic mass is 32.2. The molecule has 0 aliphatic heterocycles. The Morgan fingerprint density at radius 3 is 2.43 bits per heavy atom. The molecule has 1 unspecified atom stereocenters. The van der Waals surface area contributed by atoms with E-state index in [-0.39, 0.29) is 0 Å². The number of hydrogen-bond donors (Lipinski definition) is 0. The SMILES string of the molecule is [CH]=CC(CC)SC. The second-order valence-electron chi connectivity index (χ2n) is 1.37. The van der Waals surface area contributed by atoms with Gasteiger partial charge in [0, 0.05) is 5.25 Å². The molecule has 1 atom stereocenters. The molecule has 41 valence electrons. The van der Waals surface area contributed by atoms with Crippen LogP contribution in [0.5, 0.6) is 0 Å². The van der Waals surface area contributed by atoms with Crippen LogP contribution in [0.1, 0.15) is 13.3 Å². The molecule has 1 radical (unpaired) electrons. The molecule has 0 N–H and O–H groups in total. The van der Waals surface area contributed by atoms with Crippen LogP contribution in [0.25, 0.3) is 0 Å². The Kier molecular flexibility index (Phi) is 4.31. The van der Waals surface area contributed by atoms with E-state index in [9.17, 15) is 0 Å². The zero-order valence-corrected chi connectivity index (χ0v) is 5.66. The molecule has 0 rings (SSSR count). The van der Waals surface area contributed by atoms with Crippen molar-refractivity contribution in [2.24, 2.45) is 0 Å². The molecular formula is C6H11S. The fourth-order valence-electron chi connectivity index (χ4n) is 0.381. The van der Waals surface area contributed by atoms with Crippen molar-refractivity contribution in [2.75, 3.05) is 6.26 Å².